The zero-order valence-corrected chi connectivity index (χ0v) is 15.6. The summed E-state index contributed by atoms with van der Waals surface area (Å²) in [6, 6.07) is 14.4. The number of carbonyl (C=O) groups excluding carboxylic acids is 2. The maximum absolute atomic E-state index is 12.3. The van der Waals surface area contributed by atoms with Crippen LogP contribution >= 0.6 is 11.8 Å². The number of benzene rings is 2. The molecule has 0 unspecified atom stereocenters. The molecule has 9 heteroatoms. The number of carbonyl (C=O) groups is 2. The molecule has 1 heterocycles. The lowest BCUT2D eigenvalue weighted by molar-refractivity contribution is -0.113. The van der Waals surface area contributed by atoms with E-state index in [4.69, 9.17) is 4.74 Å². The number of amides is 1. The molecule has 0 fully saturated rings. The summed E-state index contributed by atoms with van der Waals surface area (Å²) in [6.07, 6.45) is 0. The van der Waals surface area contributed by atoms with Crippen LogP contribution in [0, 0.1) is 6.92 Å². The van der Waals surface area contributed by atoms with E-state index in [0.29, 0.717) is 16.4 Å². The molecule has 27 heavy (non-hydrogen) atoms. The van der Waals surface area contributed by atoms with Gasteiger partial charge in [0.25, 0.3) is 0 Å². The standard InChI is InChI=1S/C18H17N5O3S/c1-12-7-9-13(10-8-12)23-18(20-21-22-23)27-11-16(24)19-15-6-4-3-5-14(15)17(25)26-2/h3-10H,11H2,1-2H3,(H,19,24). The summed E-state index contributed by atoms with van der Waals surface area (Å²) in [7, 11) is 1.29. The van der Waals surface area contributed by atoms with Gasteiger partial charge in [-0.2, -0.15) is 4.68 Å². The average Bonchev–Trinajstić information content (AvgIpc) is 3.15. The highest BCUT2D eigenvalue weighted by Gasteiger charge is 2.15. The Labute approximate surface area is 159 Å². The quantitative estimate of drug-likeness (QED) is 0.516. The molecule has 2 aromatic carbocycles. The van der Waals surface area contributed by atoms with Crippen molar-refractivity contribution in [2.45, 2.75) is 12.1 Å². The number of para-hydroxylation sites is 1. The number of hydrogen-bond donors (Lipinski definition) is 1. The van der Waals surface area contributed by atoms with Gasteiger partial charge in [-0.15, -0.1) is 5.10 Å². The predicted molar refractivity (Wildman–Crippen MR) is 101 cm³/mol. The summed E-state index contributed by atoms with van der Waals surface area (Å²) in [5.74, 6) is -0.710. The Morgan fingerprint density at radius 3 is 2.63 bits per heavy atom. The van der Waals surface area contributed by atoms with Gasteiger partial charge in [-0.1, -0.05) is 41.6 Å². The predicted octanol–water partition coefficient (Wildman–Crippen LogP) is 2.49. The van der Waals surface area contributed by atoms with Crippen LogP contribution in [-0.4, -0.2) is 44.9 Å². The van der Waals surface area contributed by atoms with Gasteiger partial charge < -0.3 is 10.1 Å². The van der Waals surface area contributed by atoms with Crippen molar-refractivity contribution in [3.8, 4) is 5.69 Å². The van der Waals surface area contributed by atoms with E-state index in [1.807, 2.05) is 31.2 Å². The number of esters is 1. The molecule has 1 amide bonds. The Morgan fingerprint density at radius 2 is 1.89 bits per heavy atom. The number of rotatable bonds is 6. The van der Waals surface area contributed by atoms with Crippen molar-refractivity contribution in [1.82, 2.24) is 20.2 Å². The SMILES string of the molecule is COC(=O)c1ccccc1NC(=O)CSc1nnnn1-c1ccc(C)cc1. The molecule has 1 aromatic heterocycles. The zero-order chi connectivity index (χ0) is 19.2. The molecule has 0 radical (unpaired) electrons. The first-order valence-electron chi connectivity index (χ1n) is 8.04. The number of nitrogens with zero attached hydrogens (tertiary/aromatic N) is 4. The third-order valence-electron chi connectivity index (χ3n) is 3.66. The van der Waals surface area contributed by atoms with Crippen LogP contribution in [0.1, 0.15) is 15.9 Å². The van der Waals surface area contributed by atoms with E-state index in [-0.39, 0.29) is 11.7 Å². The number of anilines is 1. The molecule has 0 aliphatic heterocycles. The van der Waals surface area contributed by atoms with Crippen molar-refractivity contribution in [3.63, 3.8) is 0 Å². The van der Waals surface area contributed by atoms with Crippen molar-refractivity contribution in [1.29, 1.82) is 0 Å². The van der Waals surface area contributed by atoms with E-state index in [9.17, 15) is 9.59 Å². The topological polar surface area (TPSA) is 99.0 Å². The molecule has 3 rings (SSSR count). The lowest BCUT2D eigenvalue weighted by Gasteiger charge is -2.09. The first kappa shape index (κ1) is 18.6. The van der Waals surface area contributed by atoms with Crippen molar-refractivity contribution in [3.05, 3.63) is 59.7 Å². The Hall–Kier alpha value is -3.20. The second kappa shape index (κ2) is 8.45. The second-order valence-electron chi connectivity index (χ2n) is 5.58. The largest absolute Gasteiger partial charge is 0.465 e. The fraction of sp³-hybridized carbons (Fsp3) is 0.167. The molecule has 8 nitrogen and oxygen atoms in total. The molecule has 3 aromatic rings. The molecule has 0 saturated heterocycles. The summed E-state index contributed by atoms with van der Waals surface area (Å²) in [6.45, 7) is 2.00. The molecule has 0 saturated carbocycles. The van der Waals surface area contributed by atoms with Crippen LogP contribution in [0.2, 0.25) is 0 Å². The summed E-state index contributed by atoms with van der Waals surface area (Å²) in [5, 5.41) is 14.8. The Kier molecular flexibility index (Phi) is 5.82. The van der Waals surface area contributed by atoms with Gasteiger partial charge in [-0.05, 0) is 41.6 Å². The molecule has 0 aliphatic carbocycles. The van der Waals surface area contributed by atoms with Gasteiger partial charge in [-0.3, -0.25) is 4.79 Å². The van der Waals surface area contributed by atoms with E-state index in [2.05, 4.69) is 20.8 Å². The van der Waals surface area contributed by atoms with E-state index in [1.165, 1.54) is 18.9 Å². The van der Waals surface area contributed by atoms with E-state index >= 15 is 0 Å². The summed E-state index contributed by atoms with van der Waals surface area (Å²) in [4.78, 5) is 24.1. The van der Waals surface area contributed by atoms with Gasteiger partial charge in [0, 0.05) is 0 Å². The summed E-state index contributed by atoms with van der Waals surface area (Å²) in [5.41, 5.74) is 2.63. The van der Waals surface area contributed by atoms with Crippen molar-refractivity contribution in [2.24, 2.45) is 0 Å². The monoisotopic (exact) mass is 383 g/mol. The van der Waals surface area contributed by atoms with Crippen molar-refractivity contribution >= 4 is 29.3 Å². The molecule has 0 aliphatic rings. The third-order valence-corrected chi connectivity index (χ3v) is 4.58. The lowest BCUT2D eigenvalue weighted by Crippen LogP contribution is -2.17. The Bertz CT molecular complexity index is 956. The van der Waals surface area contributed by atoms with E-state index < -0.39 is 5.97 Å². The first-order chi connectivity index (χ1) is 13.1. The highest BCUT2D eigenvalue weighted by atomic mass is 32.2. The average molecular weight is 383 g/mol. The number of nitrogens with one attached hydrogen (secondary N) is 1. The minimum Gasteiger partial charge on any atom is -0.465 e. The molecule has 0 spiro atoms. The normalized spacial score (nSPS) is 10.4. The van der Waals surface area contributed by atoms with Crippen LogP contribution in [0.5, 0.6) is 0 Å². The Morgan fingerprint density at radius 1 is 1.15 bits per heavy atom. The maximum atomic E-state index is 12.3. The number of ether oxygens (including phenoxy) is 1. The van der Waals surface area contributed by atoms with Gasteiger partial charge in [0.15, 0.2) is 0 Å². The minimum atomic E-state index is -0.512. The van der Waals surface area contributed by atoms with Gasteiger partial charge in [-0.25, -0.2) is 4.79 Å². The third kappa shape index (κ3) is 4.50. The fourth-order valence-electron chi connectivity index (χ4n) is 2.31. The zero-order valence-electron chi connectivity index (χ0n) is 14.7. The summed E-state index contributed by atoms with van der Waals surface area (Å²) >= 11 is 1.20. The second-order valence-corrected chi connectivity index (χ2v) is 6.53. The fourth-order valence-corrected chi connectivity index (χ4v) is 3.00. The van der Waals surface area contributed by atoms with Crippen molar-refractivity contribution in [2.75, 3.05) is 18.2 Å². The van der Waals surface area contributed by atoms with E-state index in [1.54, 1.807) is 28.9 Å². The number of aryl methyl sites for hydroxylation is 1. The number of methoxy groups -OCH3 is 1. The van der Waals surface area contributed by atoms with Crippen LogP contribution in [-0.2, 0) is 9.53 Å². The minimum absolute atomic E-state index is 0.0851. The molecule has 1 N–H and O–H groups in total. The van der Waals surface area contributed by atoms with E-state index in [0.717, 1.165) is 11.3 Å². The van der Waals surface area contributed by atoms with Gasteiger partial charge in [0.2, 0.25) is 11.1 Å². The maximum Gasteiger partial charge on any atom is 0.339 e. The lowest BCUT2D eigenvalue weighted by atomic mass is 10.2. The molecular weight excluding hydrogens is 366 g/mol. The van der Waals surface area contributed by atoms with Crippen LogP contribution in [0.25, 0.3) is 5.69 Å². The number of tetrazole rings is 1. The highest BCUT2D eigenvalue weighted by molar-refractivity contribution is 7.99. The molecule has 0 bridgehead atoms. The first-order valence-corrected chi connectivity index (χ1v) is 9.02. The Balaban J connectivity index is 1.67. The van der Waals surface area contributed by atoms with Gasteiger partial charge in [0.1, 0.15) is 0 Å². The molecular formula is C18H17N5O3S. The number of aromatic nitrogens is 4. The van der Waals surface area contributed by atoms with Crippen LogP contribution in [0.3, 0.4) is 0 Å². The molecule has 0 atom stereocenters. The van der Waals surface area contributed by atoms with Crippen LogP contribution in [0.4, 0.5) is 5.69 Å². The highest BCUT2D eigenvalue weighted by Crippen LogP contribution is 2.20. The van der Waals surface area contributed by atoms with Crippen LogP contribution < -0.4 is 5.32 Å². The number of hydrogen-bond acceptors (Lipinski definition) is 7. The summed E-state index contributed by atoms with van der Waals surface area (Å²) < 4.78 is 6.29. The van der Waals surface area contributed by atoms with Gasteiger partial charge >= 0.3 is 5.97 Å². The van der Waals surface area contributed by atoms with Gasteiger partial charge in [0.05, 0.1) is 29.8 Å². The smallest absolute Gasteiger partial charge is 0.339 e. The van der Waals surface area contributed by atoms with Crippen LogP contribution in [0.15, 0.2) is 53.7 Å². The number of thioether (sulfide) groups is 1. The molecule has 138 valence electrons. The van der Waals surface area contributed by atoms with Crippen molar-refractivity contribution < 1.29 is 14.3 Å².